The van der Waals surface area contributed by atoms with Crippen LogP contribution in [0.1, 0.15) is 64.0 Å². The SMILES string of the molecule is C[SiH](C)OC1C(=O)[C@H](c2ccc(OCc3ccccc3)cc2)C[C@@H]2CC[C@@H](C(C)(C)C)[C@@]12C. The van der Waals surface area contributed by atoms with Gasteiger partial charge in [-0.05, 0) is 72.9 Å². The lowest BCUT2D eigenvalue weighted by atomic mass is 9.55. The van der Waals surface area contributed by atoms with E-state index in [0.717, 1.165) is 23.3 Å². The number of carbonyl (C=O) groups excluding carboxylic acids is 1. The van der Waals surface area contributed by atoms with Crippen molar-refractivity contribution < 1.29 is 14.0 Å². The third kappa shape index (κ3) is 4.83. The first-order valence-corrected chi connectivity index (χ1v) is 15.3. The molecule has 178 valence electrons. The topological polar surface area (TPSA) is 35.5 Å². The molecule has 4 heteroatoms. The fourth-order valence-corrected chi connectivity index (χ4v) is 7.59. The van der Waals surface area contributed by atoms with Gasteiger partial charge < -0.3 is 9.16 Å². The molecule has 1 unspecified atom stereocenters. The molecule has 2 aromatic rings. The summed E-state index contributed by atoms with van der Waals surface area (Å²) < 4.78 is 12.5. The van der Waals surface area contributed by atoms with Crippen molar-refractivity contribution in [1.29, 1.82) is 0 Å². The highest BCUT2D eigenvalue weighted by atomic mass is 28.3. The van der Waals surface area contributed by atoms with Gasteiger partial charge in [-0.1, -0.05) is 70.2 Å². The number of fused-ring (bicyclic) bond motifs is 1. The van der Waals surface area contributed by atoms with Crippen LogP contribution >= 0.6 is 0 Å². The lowest BCUT2D eigenvalue weighted by Gasteiger charge is -2.52. The number of ether oxygens (including phenoxy) is 1. The van der Waals surface area contributed by atoms with Gasteiger partial charge in [0.05, 0.1) is 0 Å². The maximum atomic E-state index is 13.9. The van der Waals surface area contributed by atoms with Gasteiger partial charge in [0.15, 0.2) is 14.8 Å². The van der Waals surface area contributed by atoms with E-state index in [9.17, 15) is 4.79 Å². The Bertz CT molecular complexity index is 947. The van der Waals surface area contributed by atoms with E-state index < -0.39 is 9.04 Å². The normalized spacial score (nSPS) is 29.8. The molecule has 5 atom stereocenters. The molecule has 0 saturated heterocycles. The molecule has 2 aliphatic carbocycles. The van der Waals surface area contributed by atoms with Gasteiger partial charge in [-0.2, -0.15) is 0 Å². The van der Waals surface area contributed by atoms with Gasteiger partial charge in [0.25, 0.3) is 0 Å². The second kappa shape index (κ2) is 9.38. The molecular formula is C29H40O3Si. The van der Waals surface area contributed by atoms with Crippen LogP contribution in [0.25, 0.3) is 0 Å². The first kappa shape index (κ1) is 24.2. The standard InChI is InChI=1S/C29H40O3Si/c1-28(2,3)25-17-14-22-18-24(26(30)27(29(22,25)4)32-33(5)6)21-12-15-23(16-13-21)31-19-20-10-8-7-9-11-20/h7-13,15-16,22,24-25,27,33H,14,17-19H2,1-6H3/t22-,24-,25-,27?,29-/m0/s1. The average Bonchev–Trinajstić information content (AvgIpc) is 3.12. The van der Waals surface area contributed by atoms with Crippen molar-refractivity contribution in [2.24, 2.45) is 22.7 Å². The summed E-state index contributed by atoms with van der Waals surface area (Å²) in [4.78, 5) is 13.9. The molecule has 0 amide bonds. The van der Waals surface area contributed by atoms with E-state index in [1.807, 2.05) is 30.3 Å². The average molecular weight is 465 g/mol. The number of benzene rings is 2. The first-order chi connectivity index (χ1) is 15.6. The Morgan fingerprint density at radius 3 is 2.27 bits per heavy atom. The van der Waals surface area contributed by atoms with E-state index in [0.29, 0.717) is 24.2 Å². The van der Waals surface area contributed by atoms with E-state index >= 15 is 0 Å². The monoisotopic (exact) mass is 464 g/mol. The largest absolute Gasteiger partial charge is 0.489 e. The van der Waals surface area contributed by atoms with Crippen LogP contribution in [-0.2, 0) is 15.8 Å². The van der Waals surface area contributed by atoms with Gasteiger partial charge in [-0.25, -0.2) is 0 Å². The summed E-state index contributed by atoms with van der Waals surface area (Å²) in [7, 11) is -1.37. The molecule has 2 aromatic carbocycles. The molecule has 2 saturated carbocycles. The molecule has 0 heterocycles. The van der Waals surface area contributed by atoms with Gasteiger partial charge in [0.2, 0.25) is 0 Å². The molecule has 0 aliphatic heterocycles. The fraction of sp³-hybridized carbons (Fsp3) is 0.552. The number of carbonyl (C=O) groups is 1. The van der Waals surface area contributed by atoms with Crippen molar-refractivity contribution in [1.82, 2.24) is 0 Å². The van der Waals surface area contributed by atoms with E-state index in [1.54, 1.807) is 0 Å². The lowest BCUT2D eigenvalue weighted by molar-refractivity contribution is -0.147. The van der Waals surface area contributed by atoms with Crippen LogP contribution in [0.4, 0.5) is 0 Å². The van der Waals surface area contributed by atoms with Crippen LogP contribution in [-0.4, -0.2) is 20.9 Å². The predicted molar refractivity (Wildman–Crippen MR) is 137 cm³/mol. The number of rotatable bonds is 6. The van der Waals surface area contributed by atoms with Gasteiger partial charge in [0.1, 0.15) is 18.5 Å². The molecular weight excluding hydrogens is 424 g/mol. The zero-order valence-corrected chi connectivity index (χ0v) is 22.3. The maximum absolute atomic E-state index is 13.9. The highest BCUT2D eigenvalue weighted by Crippen LogP contribution is 2.62. The molecule has 0 bridgehead atoms. The van der Waals surface area contributed by atoms with Crippen molar-refractivity contribution >= 4 is 14.8 Å². The quantitative estimate of drug-likeness (QED) is 0.443. The van der Waals surface area contributed by atoms with Crippen LogP contribution in [0.3, 0.4) is 0 Å². The Labute approximate surface area is 201 Å². The Morgan fingerprint density at radius 1 is 1.00 bits per heavy atom. The first-order valence-electron chi connectivity index (χ1n) is 12.6. The summed E-state index contributed by atoms with van der Waals surface area (Å²) in [5.41, 5.74) is 2.36. The van der Waals surface area contributed by atoms with E-state index in [4.69, 9.17) is 9.16 Å². The van der Waals surface area contributed by atoms with Crippen LogP contribution in [0.5, 0.6) is 5.75 Å². The molecule has 3 nitrogen and oxygen atoms in total. The second-order valence-corrected chi connectivity index (χ2v) is 14.0. The third-order valence-electron chi connectivity index (χ3n) is 8.11. The summed E-state index contributed by atoms with van der Waals surface area (Å²) in [5.74, 6) is 2.08. The van der Waals surface area contributed by atoms with E-state index in [-0.39, 0.29) is 22.9 Å². The molecule has 0 radical (unpaired) electrons. The summed E-state index contributed by atoms with van der Waals surface area (Å²) in [6.07, 6.45) is 3.04. The lowest BCUT2D eigenvalue weighted by Crippen LogP contribution is -2.56. The van der Waals surface area contributed by atoms with Crippen LogP contribution < -0.4 is 4.74 Å². The molecule has 0 spiro atoms. The van der Waals surface area contributed by atoms with Gasteiger partial charge in [-0.3, -0.25) is 4.79 Å². The Balaban J connectivity index is 1.55. The zero-order valence-electron chi connectivity index (χ0n) is 21.1. The highest BCUT2D eigenvalue weighted by Gasteiger charge is 2.61. The minimum Gasteiger partial charge on any atom is -0.489 e. The maximum Gasteiger partial charge on any atom is 0.171 e. The number of hydrogen-bond acceptors (Lipinski definition) is 3. The summed E-state index contributed by atoms with van der Waals surface area (Å²) in [6.45, 7) is 14.3. The molecule has 2 aliphatic rings. The Kier molecular flexibility index (Phi) is 6.89. The Hall–Kier alpha value is -1.91. The fourth-order valence-electron chi connectivity index (χ4n) is 6.62. The number of hydrogen-bond donors (Lipinski definition) is 0. The van der Waals surface area contributed by atoms with Crippen molar-refractivity contribution in [2.45, 2.75) is 78.7 Å². The van der Waals surface area contributed by atoms with Crippen LogP contribution in [0.15, 0.2) is 54.6 Å². The molecule has 0 aromatic heterocycles. The van der Waals surface area contributed by atoms with Gasteiger partial charge >= 0.3 is 0 Å². The smallest absolute Gasteiger partial charge is 0.171 e. The van der Waals surface area contributed by atoms with Gasteiger partial charge in [-0.15, -0.1) is 0 Å². The summed E-state index contributed by atoms with van der Waals surface area (Å²) in [6, 6.07) is 18.4. The highest BCUT2D eigenvalue weighted by molar-refractivity contribution is 6.48. The number of ketones is 1. The van der Waals surface area contributed by atoms with Crippen molar-refractivity contribution in [3.05, 3.63) is 65.7 Å². The molecule has 33 heavy (non-hydrogen) atoms. The van der Waals surface area contributed by atoms with Crippen LogP contribution in [0, 0.1) is 22.7 Å². The second-order valence-electron chi connectivity index (χ2n) is 11.7. The van der Waals surface area contributed by atoms with Crippen molar-refractivity contribution in [3.8, 4) is 5.75 Å². The third-order valence-corrected chi connectivity index (χ3v) is 8.92. The van der Waals surface area contributed by atoms with Crippen molar-refractivity contribution in [3.63, 3.8) is 0 Å². The summed E-state index contributed by atoms with van der Waals surface area (Å²) >= 11 is 0. The molecule has 0 N–H and O–H groups in total. The minimum atomic E-state index is -1.37. The molecule has 4 rings (SSSR count). The number of Topliss-reactive ketones (excluding diaryl/α,β-unsaturated/α-hetero) is 1. The molecule has 2 fully saturated rings. The van der Waals surface area contributed by atoms with Crippen LogP contribution in [0.2, 0.25) is 13.1 Å². The minimum absolute atomic E-state index is 0.0676. The van der Waals surface area contributed by atoms with Crippen molar-refractivity contribution in [2.75, 3.05) is 0 Å². The Morgan fingerprint density at radius 2 is 1.67 bits per heavy atom. The van der Waals surface area contributed by atoms with Gasteiger partial charge in [0, 0.05) is 11.3 Å². The summed E-state index contributed by atoms with van der Waals surface area (Å²) in [5, 5.41) is 0. The zero-order chi connectivity index (χ0) is 23.8. The van der Waals surface area contributed by atoms with E-state index in [2.05, 4.69) is 65.1 Å². The van der Waals surface area contributed by atoms with E-state index in [1.165, 1.54) is 12.8 Å². The predicted octanol–water partition coefficient (Wildman–Crippen LogP) is 6.77.